The van der Waals surface area contributed by atoms with Crippen LogP contribution in [0.15, 0.2) is 24.3 Å². The molecule has 1 aromatic rings. The summed E-state index contributed by atoms with van der Waals surface area (Å²) >= 11 is 0. The van der Waals surface area contributed by atoms with Gasteiger partial charge in [0.05, 0.1) is 13.0 Å². The number of carboxylic acid groups (broad SMARTS) is 1. The van der Waals surface area contributed by atoms with Crippen molar-refractivity contribution >= 4 is 5.97 Å². The minimum absolute atomic E-state index is 0.0486. The fourth-order valence-corrected chi connectivity index (χ4v) is 2.20. The first-order valence-electron chi connectivity index (χ1n) is 6.27. The molecule has 2 rings (SSSR count). The van der Waals surface area contributed by atoms with Gasteiger partial charge in [-0.15, -0.1) is 0 Å². The van der Waals surface area contributed by atoms with Gasteiger partial charge in [-0.2, -0.15) is 0 Å². The van der Waals surface area contributed by atoms with Crippen molar-refractivity contribution in [3.8, 4) is 5.75 Å². The molecule has 4 heteroatoms. The molecule has 1 aliphatic carbocycles. The first-order chi connectivity index (χ1) is 8.63. The third kappa shape index (κ3) is 3.01. The molecule has 1 saturated carbocycles. The van der Waals surface area contributed by atoms with E-state index >= 15 is 0 Å². The summed E-state index contributed by atoms with van der Waals surface area (Å²) in [5.74, 6) is -0.0379. The Labute approximate surface area is 107 Å². The summed E-state index contributed by atoms with van der Waals surface area (Å²) in [6.45, 7) is 1.33. The van der Waals surface area contributed by atoms with Gasteiger partial charge in [0.25, 0.3) is 0 Å². The van der Waals surface area contributed by atoms with Crippen LogP contribution in [0.5, 0.6) is 5.75 Å². The van der Waals surface area contributed by atoms with Gasteiger partial charge >= 0.3 is 5.97 Å². The maximum Gasteiger partial charge on any atom is 0.307 e. The highest BCUT2D eigenvalue weighted by molar-refractivity contribution is 5.70. The van der Waals surface area contributed by atoms with Crippen molar-refractivity contribution in [3.63, 3.8) is 0 Å². The molecular formula is C14H19NO3. The van der Waals surface area contributed by atoms with Crippen LogP contribution in [0, 0.1) is 5.41 Å². The van der Waals surface area contributed by atoms with Crippen molar-refractivity contribution in [1.29, 1.82) is 0 Å². The molecule has 0 aromatic heterocycles. The Balaban J connectivity index is 1.88. The normalized spacial score (nSPS) is 16.9. The van der Waals surface area contributed by atoms with Crippen LogP contribution in [-0.2, 0) is 11.2 Å². The van der Waals surface area contributed by atoms with Crippen LogP contribution in [0.25, 0.3) is 0 Å². The van der Waals surface area contributed by atoms with Crippen LogP contribution in [-0.4, -0.2) is 24.2 Å². The molecule has 0 bridgehead atoms. The van der Waals surface area contributed by atoms with Crippen molar-refractivity contribution < 1.29 is 14.6 Å². The van der Waals surface area contributed by atoms with E-state index in [4.69, 9.17) is 15.6 Å². The molecule has 0 amide bonds. The van der Waals surface area contributed by atoms with Crippen molar-refractivity contribution in [1.82, 2.24) is 0 Å². The van der Waals surface area contributed by atoms with Gasteiger partial charge in [-0.05, 0) is 30.5 Å². The number of carboxylic acids is 1. The predicted molar refractivity (Wildman–Crippen MR) is 68.6 cm³/mol. The van der Waals surface area contributed by atoms with Crippen LogP contribution in [0.3, 0.4) is 0 Å². The molecule has 0 saturated heterocycles. The largest absolute Gasteiger partial charge is 0.493 e. The Hall–Kier alpha value is -1.55. The van der Waals surface area contributed by atoms with Gasteiger partial charge in [0.2, 0.25) is 0 Å². The average Bonchev–Trinajstić information content (AvgIpc) is 2.30. The molecule has 0 aliphatic heterocycles. The zero-order chi connectivity index (χ0) is 13.0. The average molecular weight is 249 g/mol. The number of hydrogen-bond acceptors (Lipinski definition) is 3. The van der Waals surface area contributed by atoms with Gasteiger partial charge in [0.15, 0.2) is 0 Å². The molecule has 98 valence electrons. The topological polar surface area (TPSA) is 72.5 Å². The van der Waals surface area contributed by atoms with E-state index in [9.17, 15) is 4.79 Å². The van der Waals surface area contributed by atoms with Crippen molar-refractivity contribution in [2.24, 2.45) is 11.1 Å². The molecule has 0 unspecified atom stereocenters. The Morgan fingerprint density at radius 1 is 1.33 bits per heavy atom. The van der Waals surface area contributed by atoms with E-state index in [1.165, 1.54) is 6.42 Å². The molecule has 1 aliphatic rings. The van der Waals surface area contributed by atoms with Gasteiger partial charge in [-0.25, -0.2) is 0 Å². The van der Waals surface area contributed by atoms with Crippen molar-refractivity contribution in [2.75, 3.05) is 13.2 Å². The first kappa shape index (κ1) is 12.9. The fourth-order valence-electron chi connectivity index (χ4n) is 2.20. The maximum atomic E-state index is 10.6. The van der Waals surface area contributed by atoms with E-state index in [1.807, 2.05) is 12.1 Å². The highest BCUT2D eigenvalue weighted by Gasteiger charge is 2.36. The Morgan fingerprint density at radius 2 is 2.00 bits per heavy atom. The SMILES string of the molecule is NCC1(COc2ccc(CC(=O)O)cc2)CCC1. The molecule has 3 N–H and O–H groups in total. The van der Waals surface area contributed by atoms with Crippen LogP contribution in [0.2, 0.25) is 0 Å². The molecule has 4 nitrogen and oxygen atoms in total. The van der Waals surface area contributed by atoms with E-state index in [2.05, 4.69) is 0 Å². The van der Waals surface area contributed by atoms with E-state index in [-0.39, 0.29) is 11.8 Å². The number of rotatable bonds is 6. The second-order valence-electron chi connectivity index (χ2n) is 5.06. The lowest BCUT2D eigenvalue weighted by atomic mass is 9.69. The number of hydrogen-bond donors (Lipinski definition) is 2. The molecule has 1 aromatic carbocycles. The van der Waals surface area contributed by atoms with E-state index in [0.29, 0.717) is 13.2 Å². The van der Waals surface area contributed by atoms with Crippen LogP contribution < -0.4 is 10.5 Å². The lowest BCUT2D eigenvalue weighted by Gasteiger charge is -2.40. The highest BCUT2D eigenvalue weighted by atomic mass is 16.5. The number of nitrogens with two attached hydrogens (primary N) is 1. The number of aliphatic carboxylic acids is 1. The summed E-state index contributed by atoms with van der Waals surface area (Å²) in [6.07, 6.45) is 3.56. The summed E-state index contributed by atoms with van der Waals surface area (Å²) in [5.41, 5.74) is 6.72. The number of ether oxygens (including phenoxy) is 1. The minimum atomic E-state index is -0.819. The summed E-state index contributed by atoms with van der Waals surface area (Å²) < 4.78 is 5.74. The fraction of sp³-hybridized carbons (Fsp3) is 0.500. The zero-order valence-electron chi connectivity index (χ0n) is 10.4. The third-order valence-electron chi connectivity index (χ3n) is 3.67. The molecular weight excluding hydrogens is 230 g/mol. The number of benzene rings is 1. The molecule has 0 heterocycles. The summed E-state index contributed by atoms with van der Waals surface area (Å²) in [7, 11) is 0. The second-order valence-corrected chi connectivity index (χ2v) is 5.06. The van der Waals surface area contributed by atoms with Crippen LogP contribution in [0.4, 0.5) is 0 Å². The van der Waals surface area contributed by atoms with Gasteiger partial charge < -0.3 is 15.6 Å². The highest BCUT2D eigenvalue weighted by Crippen LogP contribution is 2.40. The summed E-state index contributed by atoms with van der Waals surface area (Å²) in [6, 6.07) is 7.22. The smallest absolute Gasteiger partial charge is 0.307 e. The number of carbonyl (C=O) groups is 1. The van der Waals surface area contributed by atoms with E-state index in [0.717, 1.165) is 24.2 Å². The predicted octanol–water partition coefficient (Wildman–Crippen LogP) is 1.82. The molecule has 0 spiro atoms. The van der Waals surface area contributed by atoms with E-state index < -0.39 is 5.97 Å². The van der Waals surface area contributed by atoms with Crippen molar-refractivity contribution in [2.45, 2.75) is 25.7 Å². The Bertz CT molecular complexity index is 404. The molecule has 0 radical (unpaired) electrons. The van der Waals surface area contributed by atoms with Gasteiger partial charge in [0, 0.05) is 12.0 Å². The first-order valence-corrected chi connectivity index (χ1v) is 6.27. The van der Waals surface area contributed by atoms with Crippen LogP contribution in [0.1, 0.15) is 24.8 Å². The lowest BCUT2D eigenvalue weighted by molar-refractivity contribution is -0.136. The molecule has 1 fully saturated rings. The zero-order valence-corrected chi connectivity index (χ0v) is 10.4. The van der Waals surface area contributed by atoms with Gasteiger partial charge in [-0.1, -0.05) is 18.6 Å². The van der Waals surface area contributed by atoms with Gasteiger partial charge in [0.1, 0.15) is 5.75 Å². The standard InChI is InChI=1S/C14H19NO3/c15-9-14(6-1-7-14)10-18-12-4-2-11(3-5-12)8-13(16)17/h2-5H,1,6-10,15H2,(H,16,17). The third-order valence-corrected chi connectivity index (χ3v) is 3.67. The quantitative estimate of drug-likeness (QED) is 0.806. The Morgan fingerprint density at radius 3 is 2.44 bits per heavy atom. The van der Waals surface area contributed by atoms with Crippen molar-refractivity contribution in [3.05, 3.63) is 29.8 Å². The van der Waals surface area contributed by atoms with Crippen LogP contribution >= 0.6 is 0 Å². The summed E-state index contributed by atoms with van der Waals surface area (Å²) in [5, 5.41) is 8.67. The van der Waals surface area contributed by atoms with Gasteiger partial charge in [-0.3, -0.25) is 4.79 Å². The molecule has 18 heavy (non-hydrogen) atoms. The Kier molecular flexibility index (Phi) is 3.87. The lowest BCUT2D eigenvalue weighted by Crippen LogP contribution is -2.42. The maximum absolute atomic E-state index is 10.6. The minimum Gasteiger partial charge on any atom is -0.493 e. The summed E-state index contributed by atoms with van der Waals surface area (Å²) in [4.78, 5) is 10.6. The van der Waals surface area contributed by atoms with E-state index in [1.54, 1.807) is 12.1 Å². The monoisotopic (exact) mass is 249 g/mol. The second kappa shape index (κ2) is 5.40. The molecule has 0 atom stereocenters.